The summed E-state index contributed by atoms with van der Waals surface area (Å²) in [5.41, 5.74) is 5.88. The largest absolute Gasteiger partial charge is 0.467 e. The fourth-order valence-corrected chi connectivity index (χ4v) is 2.37. The summed E-state index contributed by atoms with van der Waals surface area (Å²) >= 11 is 0. The molecule has 0 saturated heterocycles. The van der Waals surface area contributed by atoms with E-state index in [0.717, 1.165) is 38.2 Å². The first-order chi connectivity index (χ1) is 8.84. The predicted octanol–water partition coefficient (Wildman–Crippen LogP) is 2.05. The van der Waals surface area contributed by atoms with Crippen molar-refractivity contribution in [1.82, 2.24) is 5.32 Å². The Kier molecular flexibility index (Phi) is 5.71. The molecule has 1 fully saturated rings. The second-order valence-corrected chi connectivity index (χ2v) is 5.05. The third kappa shape index (κ3) is 4.80. The zero-order valence-electron chi connectivity index (χ0n) is 10.9. The molecule has 0 atom stereocenters. The van der Waals surface area contributed by atoms with E-state index in [1.54, 1.807) is 6.26 Å². The molecule has 4 heteroatoms. The van der Waals surface area contributed by atoms with Crippen LogP contribution in [-0.4, -0.2) is 25.2 Å². The van der Waals surface area contributed by atoms with Crippen LogP contribution >= 0.6 is 0 Å². The topological polar surface area (TPSA) is 60.4 Å². The first kappa shape index (κ1) is 13.6. The highest BCUT2D eigenvalue weighted by molar-refractivity contribution is 4.95. The van der Waals surface area contributed by atoms with Crippen molar-refractivity contribution < 1.29 is 9.15 Å². The molecule has 0 aliphatic heterocycles. The van der Waals surface area contributed by atoms with Crippen molar-refractivity contribution in [3.63, 3.8) is 0 Å². The van der Waals surface area contributed by atoms with Crippen LogP contribution in [0.25, 0.3) is 0 Å². The van der Waals surface area contributed by atoms with Crippen LogP contribution in [0.1, 0.15) is 37.9 Å². The number of nitrogens with one attached hydrogen (secondary N) is 1. The molecule has 1 aliphatic rings. The lowest BCUT2D eigenvalue weighted by Gasteiger charge is -2.26. The van der Waals surface area contributed by atoms with Gasteiger partial charge in [0.15, 0.2) is 0 Å². The molecule has 1 saturated carbocycles. The summed E-state index contributed by atoms with van der Waals surface area (Å²) in [4.78, 5) is 0. The zero-order valence-corrected chi connectivity index (χ0v) is 10.9. The quantitative estimate of drug-likeness (QED) is 0.729. The van der Waals surface area contributed by atoms with E-state index < -0.39 is 0 Å². The third-order valence-electron chi connectivity index (χ3n) is 3.49. The van der Waals surface area contributed by atoms with Crippen molar-refractivity contribution in [3.8, 4) is 0 Å². The van der Waals surface area contributed by atoms with Gasteiger partial charge in [-0.1, -0.05) is 0 Å². The molecule has 0 radical (unpaired) electrons. The number of hydrogen-bond acceptors (Lipinski definition) is 4. The Morgan fingerprint density at radius 3 is 2.89 bits per heavy atom. The molecule has 1 heterocycles. The maximum absolute atomic E-state index is 5.88. The molecule has 2 rings (SSSR count). The van der Waals surface area contributed by atoms with Crippen LogP contribution in [0.2, 0.25) is 0 Å². The summed E-state index contributed by atoms with van der Waals surface area (Å²) in [6.07, 6.45) is 7.47. The average Bonchev–Trinajstić information content (AvgIpc) is 2.89. The van der Waals surface area contributed by atoms with E-state index in [-0.39, 0.29) is 0 Å². The molecule has 0 bridgehead atoms. The Hall–Kier alpha value is -0.840. The van der Waals surface area contributed by atoms with E-state index in [2.05, 4.69) is 5.32 Å². The van der Waals surface area contributed by atoms with Gasteiger partial charge in [0.1, 0.15) is 12.4 Å². The fraction of sp³-hybridized carbons (Fsp3) is 0.714. The predicted molar refractivity (Wildman–Crippen MR) is 71.2 cm³/mol. The van der Waals surface area contributed by atoms with Gasteiger partial charge in [-0.3, -0.25) is 0 Å². The number of rotatable bonds is 7. The van der Waals surface area contributed by atoms with E-state index in [9.17, 15) is 0 Å². The summed E-state index contributed by atoms with van der Waals surface area (Å²) in [5.74, 6) is 0.893. The van der Waals surface area contributed by atoms with Gasteiger partial charge in [0.25, 0.3) is 0 Å². The second-order valence-electron chi connectivity index (χ2n) is 5.05. The van der Waals surface area contributed by atoms with E-state index >= 15 is 0 Å². The number of nitrogens with two attached hydrogens (primary N) is 1. The van der Waals surface area contributed by atoms with Gasteiger partial charge in [-0.2, -0.15) is 0 Å². The highest BCUT2D eigenvalue weighted by Crippen LogP contribution is 2.16. The molecule has 0 aromatic carbocycles. The number of hydrogen-bond donors (Lipinski definition) is 2. The van der Waals surface area contributed by atoms with Crippen molar-refractivity contribution in [2.75, 3.05) is 13.2 Å². The Balaban J connectivity index is 1.44. The Morgan fingerprint density at radius 1 is 1.33 bits per heavy atom. The van der Waals surface area contributed by atoms with Gasteiger partial charge in [-0.15, -0.1) is 0 Å². The van der Waals surface area contributed by atoms with E-state index in [4.69, 9.17) is 14.9 Å². The summed E-state index contributed by atoms with van der Waals surface area (Å²) < 4.78 is 10.7. The molecule has 0 unspecified atom stereocenters. The molecular formula is C14H24N2O2. The first-order valence-electron chi connectivity index (χ1n) is 6.93. The molecule has 3 N–H and O–H groups in total. The highest BCUT2D eigenvalue weighted by atomic mass is 16.5. The maximum Gasteiger partial charge on any atom is 0.129 e. The normalized spacial score (nSPS) is 24.3. The van der Waals surface area contributed by atoms with E-state index in [0.29, 0.717) is 18.7 Å². The standard InChI is InChI=1S/C14H24N2O2/c15-12-4-6-13(7-5-12)16-8-2-9-17-11-14-3-1-10-18-14/h1,3,10,12-13,16H,2,4-9,11,15H2. The maximum atomic E-state index is 5.88. The SMILES string of the molecule is NC1CCC(NCCCOCc2ccco2)CC1. The van der Waals surface area contributed by atoms with Gasteiger partial charge in [-0.25, -0.2) is 0 Å². The van der Waals surface area contributed by atoms with E-state index in [1.807, 2.05) is 12.1 Å². The average molecular weight is 252 g/mol. The zero-order chi connectivity index (χ0) is 12.6. The molecular weight excluding hydrogens is 228 g/mol. The summed E-state index contributed by atoms with van der Waals surface area (Å²) in [5, 5.41) is 3.58. The molecule has 1 aromatic heterocycles. The van der Waals surface area contributed by atoms with Gasteiger partial charge in [-0.05, 0) is 50.8 Å². The van der Waals surface area contributed by atoms with Gasteiger partial charge in [0.05, 0.1) is 6.26 Å². The lowest BCUT2D eigenvalue weighted by molar-refractivity contribution is 0.103. The Morgan fingerprint density at radius 2 is 2.17 bits per heavy atom. The Labute approximate surface area is 109 Å². The van der Waals surface area contributed by atoms with Crippen molar-refractivity contribution in [2.45, 2.75) is 50.8 Å². The molecule has 0 amide bonds. The minimum atomic E-state index is 0.430. The van der Waals surface area contributed by atoms with Crippen LogP contribution < -0.4 is 11.1 Å². The second kappa shape index (κ2) is 7.56. The van der Waals surface area contributed by atoms with Crippen molar-refractivity contribution in [1.29, 1.82) is 0 Å². The lowest BCUT2D eigenvalue weighted by atomic mass is 9.92. The van der Waals surface area contributed by atoms with Gasteiger partial charge in [0, 0.05) is 18.7 Å². The van der Waals surface area contributed by atoms with Crippen LogP contribution in [0, 0.1) is 0 Å². The number of ether oxygens (including phenoxy) is 1. The third-order valence-corrected chi connectivity index (χ3v) is 3.49. The van der Waals surface area contributed by atoms with Crippen LogP contribution in [0.15, 0.2) is 22.8 Å². The smallest absolute Gasteiger partial charge is 0.129 e. The summed E-state index contributed by atoms with van der Waals surface area (Å²) in [6.45, 7) is 2.38. The van der Waals surface area contributed by atoms with Crippen LogP contribution in [0.3, 0.4) is 0 Å². The van der Waals surface area contributed by atoms with Crippen molar-refractivity contribution in [3.05, 3.63) is 24.2 Å². The van der Waals surface area contributed by atoms with Crippen molar-refractivity contribution >= 4 is 0 Å². The van der Waals surface area contributed by atoms with Crippen LogP contribution in [-0.2, 0) is 11.3 Å². The van der Waals surface area contributed by atoms with Gasteiger partial charge < -0.3 is 20.2 Å². The van der Waals surface area contributed by atoms with E-state index in [1.165, 1.54) is 12.8 Å². The Bertz CT molecular complexity index is 306. The van der Waals surface area contributed by atoms with Crippen LogP contribution in [0.5, 0.6) is 0 Å². The molecule has 4 nitrogen and oxygen atoms in total. The molecule has 102 valence electrons. The molecule has 18 heavy (non-hydrogen) atoms. The monoisotopic (exact) mass is 252 g/mol. The summed E-state index contributed by atoms with van der Waals surface area (Å²) in [6, 6.07) is 4.91. The minimum absolute atomic E-state index is 0.430. The van der Waals surface area contributed by atoms with Gasteiger partial charge >= 0.3 is 0 Å². The highest BCUT2D eigenvalue weighted by Gasteiger charge is 2.17. The van der Waals surface area contributed by atoms with Gasteiger partial charge in [0.2, 0.25) is 0 Å². The molecule has 1 aliphatic carbocycles. The first-order valence-corrected chi connectivity index (χ1v) is 6.93. The number of furan rings is 1. The lowest BCUT2D eigenvalue weighted by Crippen LogP contribution is -2.37. The molecule has 0 spiro atoms. The van der Waals surface area contributed by atoms with Crippen LogP contribution in [0.4, 0.5) is 0 Å². The fourth-order valence-electron chi connectivity index (χ4n) is 2.37. The minimum Gasteiger partial charge on any atom is -0.467 e. The molecule has 1 aromatic rings. The van der Waals surface area contributed by atoms with Crippen molar-refractivity contribution in [2.24, 2.45) is 5.73 Å². The summed E-state index contributed by atoms with van der Waals surface area (Å²) in [7, 11) is 0.